The molecule has 1 rings (SSSR count). The maximum absolute atomic E-state index is 11.7. The van der Waals surface area contributed by atoms with Crippen LogP contribution in [-0.4, -0.2) is 23.7 Å². The number of aliphatic carboxylic acids is 1. The molecule has 2 atom stereocenters. The fraction of sp³-hybridized carbons (Fsp3) is 0.571. The highest BCUT2D eigenvalue weighted by molar-refractivity contribution is 7.16. The van der Waals surface area contributed by atoms with E-state index in [1.807, 2.05) is 26.0 Å². The van der Waals surface area contributed by atoms with Gasteiger partial charge >= 0.3 is 12.0 Å². The van der Waals surface area contributed by atoms with Gasteiger partial charge in [-0.2, -0.15) is 0 Å². The Bertz CT molecular complexity index is 479. The first-order valence-electron chi connectivity index (χ1n) is 6.90. The van der Waals surface area contributed by atoms with Gasteiger partial charge in [0, 0.05) is 17.8 Å². The van der Waals surface area contributed by atoms with Crippen LogP contribution in [0.1, 0.15) is 44.0 Å². The number of carbonyl (C=O) groups excluding carboxylic acids is 1. The molecule has 0 aromatic carbocycles. The van der Waals surface area contributed by atoms with E-state index >= 15 is 0 Å². The molecular weight excluding hydrogens is 312 g/mol. The summed E-state index contributed by atoms with van der Waals surface area (Å²) in [5, 5.41) is 14.2. The third-order valence-corrected chi connectivity index (χ3v) is 4.56. The van der Waals surface area contributed by atoms with Crippen LogP contribution in [0.3, 0.4) is 0 Å². The molecule has 2 amide bonds. The van der Waals surface area contributed by atoms with E-state index in [1.165, 1.54) is 11.3 Å². The average molecular weight is 333 g/mol. The van der Waals surface area contributed by atoms with Crippen molar-refractivity contribution in [2.45, 2.75) is 39.2 Å². The first kappa shape index (κ1) is 17.8. The minimum Gasteiger partial charge on any atom is -0.481 e. The zero-order valence-corrected chi connectivity index (χ0v) is 13.8. The van der Waals surface area contributed by atoms with Gasteiger partial charge in [-0.25, -0.2) is 4.79 Å². The molecule has 118 valence electrons. The van der Waals surface area contributed by atoms with Crippen molar-refractivity contribution in [2.24, 2.45) is 5.92 Å². The lowest BCUT2D eigenvalue weighted by Gasteiger charge is -2.14. The van der Waals surface area contributed by atoms with Gasteiger partial charge in [-0.15, -0.1) is 11.3 Å². The number of halogens is 1. The summed E-state index contributed by atoms with van der Waals surface area (Å²) in [6.45, 7) is 4.42. The quantitative estimate of drug-likeness (QED) is 0.680. The van der Waals surface area contributed by atoms with E-state index in [9.17, 15) is 9.59 Å². The summed E-state index contributed by atoms with van der Waals surface area (Å²) in [6, 6.07) is 3.39. The zero-order chi connectivity index (χ0) is 15.8. The predicted molar refractivity (Wildman–Crippen MR) is 84.9 cm³/mol. The molecule has 0 fully saturated rings. The van der Waals surface area contributed by atoms with Gasteiger partial charge in [0.05, 0.1) is 10.4 Å². The van der Waals surface area contributed by atoms with Crippen LogP contribution in [0.2, 0.25) is 4.34 Å². The molecule has 0 aliphatic heterocycles. The number of urea groups is 1. The lowest BCUT2D eigenvalue weighted by Crippen LogP contribution is -2.37. The van der Waals surface area contributed by atoms with Crippen LogP contribution in [0.5, 0.6) is 0 Å². The van der Waals surface area contributed by atoms with E-state index in [1.54, 1.807) is 0 Å². The number of hydrogen-bond acceptors (Lipinski definition) is 3. The maximum atomic E-state index is 11.7. The van der Waals surface area contributed by atoms with E-state index in [2.05, 4.69) is 10.6 Å². The number of nitrogens with one attached hydrogen (secondary N) is 2. The summed E-state index contributed by atoms with van der Waals surface area (Å²) in [4.78, 5) is 23.2. The minimum absolute atomic E-state index is 0.0908. The van der Waals surface area contributed by atoms with Crippen molar-refractivity contribution in [1.82, 2.24) is 10.6 Å². The zero-order valence-electron chi connectivity index (χ0n) is 12.2. The highest BCUT2D eigenvalue weighted by Crippen LogP contribution is 2.26. The first-order chi connectivity index (χ1) is 9.88. The van der Waals surface area contributed by atoms with Crippen molar-refractivity contribution < 1.29 is 14.7 Å². The Morgan fingerprint density at radius 2 is 2.05 bits per heavy atom. The summed E-state index contributed by atoms with van der Waals surface area (Å²) >= 11 is 7.30. The van der Waals surface area contributed by atoms with Crippen LogP contribution in [0.25, 0.3) is 0 Å². The summed E-state index contributed by atoms with van der Waals surface area (Å²) in [6.07, 6.45) is 1.56. The third kappa shape index (κ3) is 7.34. The Kier molecular flexibility index (Phi) is 7.53. The Balaban J connectivity index is 2.20. The van der Waals surface area contributed by atoms with Crippen molar-refractivity contribution in [2.75, 3.05) is 6.54 Å². The van der Waals surface area contributed by atoms with Gasteiger partial charge < -0.3 is 15.7 Å². The van der Waals surface area contributed by atoms with Crippen LogP contribution >= 0.6 is 22.9 Å². The Morgan fingerprint density at radius 3 is 2.62 bits per heavy atom. The summed E-state index contributed by atoms with van der Waals surface area (Å²) in [7, 11) is 0. The van der Waals surface area contributed by atoms with E-state index in [-0.39, 0.29) is 24.4 Å². The van der Waals surface area contributed by atoms with Crippen molar-refractivity contribution in [1.29, 1.82) is 0 Å². The molecule has 1 heterocycles. The molecule has 0 radical (unpaired) electrons. The second-order valence-corrected chi connectivity index (χ2v) is 6.84. The number of thiophene rings is 1. The van der Waals surface area contributed by atoms with Crippen molar-refractivity contribution in [3.05, 3.63) is 21.3 Å². The Hall–Kier alpha value is -1.27. The molecule has 0 bridgehead atoms. The molecule has 5 nitrogen and oxygen atoms in total. The van der Waals surface area contributed by atoms with Gasteiger partial charge in [-0.3, -0.25) is 4.79 Å². The molecule has 0 aliphatic carbocycles. The van der Waals surface area contributed by atoms with Crippen molar-refractivity contribution in [3.8, 4) is 0 Å². The molecule has 0 aliphatic rings. The minimum atomic E-state index is -0.781. The molecule has 0 saturated heterocycles. The summed E-state index contributed by atoms with van der Waals surface area (Å²) in [5.41, 5.74) is 0. The van der Waals surface area contributed by atoms with Gasteiger partial charge in [-0.1, -0.05) is 18.5 Å². The number of hydrogen-bond donors (Lipinski definition) is 3. The fourth-order valence-electron chi connectivity index (χ4n) is 1.83. The van der Waals surface area contributed by atoms with E-state index in [0.717, 1.165) is 11.3 Å². The van der Waals surface area contributed by atoms with Gasteiger partial charge in [0.15, 0.2) is 0 Å². The second-order valence-electron chi connectivity index (χ2n) is 5.09. The summed E-state index contributed by atoms with van der Waals surface area (Å²) in [5.74, 6) is -0.508. The van der Waals surface area contributed by atoms with Crippen LogP contribution in [0.15, 0.2) is 12.1 Å². The number of carbonyl (C=O) groups is 2. The highest BCUT2D eigenvalue weighted by Gasteiger charge is 2.11. The lowest BCUT2D eigenvalue weighted by atomic mass is 10.0. The Labute approximate surface area is 133 Å². The summed E-state index contributed by atoms with van der Waals surface area (Å²) < 4.78 is 0.700. The monoisotopic (exact) mass is 332 g/mol. The van der Waals surface area contributed by atoms with Crippen LogP contribution in [0.4, 0.5) is 4.79 Å². The molecule has 2 unspecified atom stereocenters. The molecule has 21 heavy (non-hydrogen) atoms. The molecule has 0 spiro atoms. The topological polar surface area (TPSA) is 78.4 Å². The predicted octanol–water partition coefficient (Wildman–Crippen LogP) is 3.65. The van der Waals surface area contributed by atoms with Gasteiger partial charge in [0.2, 0.25) is 0 Å². The number of carboxylic acid groups (broad SMARTS) is 1. The van der Waals surface area contributed by atoms with E-state index in [4.69, 9.17) is 16.7 Å². The SMILES string of the molecule is CC(CCNC(=O)NC(C)c1ccc(Cl)s1)CCC(=O)O. The van der Waals surface area contributed by atoms with E-state index < -0.39 is 5.97 Å². The van der Waals surface area contributed by atoms with Crippen LogP contribution in [-0.2, 0) is 4.79 Å². The number of amides is 2. The van der Waals surface area contributed by atoms with Gasteiger partial charge in [-0.05, 0) is 37.8 Å². The molecule has 1 aromatic rings. The van der Waals surface area contributed by atoms with Gasteiger partial charge in [0.25, 0.3) is 0 Å². The van der Waals surface area contributed by atoms with Gasteiger partial charge in [0.1, 0.15) is 0 Å². The fourth-order valence-corrected chi connectivity index (χ4v) is 2.89. The van der Waals surface area contributed by atoms with Crippen LogP contribution < -0.4 is 10.6 Å². The maximum Gasteiger partial charge on any atom is 0.315 e. The molecule has 1 aromatic heterocycles. The largest absolute Gasteiger partial charge is 0.481 e. The molecule has 7 heteroatoms. The van der Waals surface area contributed by atoms with E-state index in [0.29, 0.717) is 17.3 Å². The Morgan fingerprint density at radius 1 is 1.33 bits per heavy atom. The average Bonchev–Trinajstić information content (AvgIpc) is 2.83. The normalized spacial score (nSPS) is 13.5. The second kappa shape index (κ2) is 8.89. The molecule has 3 N–H and O–H groups in total. The number of carboxylic acids is 1. The highest BCUT2D eigenvalue weighted by atomic mass is 35.5. The standard InChI is InChI=1S/C14H21ClN2O3S/c1-9(3-6-13(18)19)7-8-16-14(20)17-10(2)11-4-5-12(15)21-11/h4-5,9-10H,3,6-8H2,1-2H3,(H,18,19)(H2,16,17,20). The molecular formula is C14H21ClN2O3S. The third-order valence-electron chi connectivity index (χ3n) is 3.14. The van der Waals surface area contributed by atoms with Crippen LogP contribution in [0, 0.1) is 5.92 Å². The lowest BCUT2D eigenvalue weighted by molar-refractivity contribution is -0.137. The first-order valence-corrected chi connectivity index (χ1v) is 8.09. The smallest absolute Gasteiger partial charge is 0.315 e. The number of rotatable bonds is 8. The molecule has 0 saturated carbocycles. The van der Waals surface area contributed by atoms with Crippen molar-refractivity contribution in [3.63, 3.8) is 0 Å². The van der Waals surface area contributed by atoms with Crippen molar-refractivity contribution >= 4 is 34.9 Å².